The summed E-state index contributed by atoms with van der Waals surface area (Å²) in [7, 11) is 0. The second kappa shape index (κ2) is 7.61. The lowest BCUT2D eigenvalue weighted by Gasteiger charge is -2.14. The van der Waals surface area contributed by atoms with Gasteiger partial charge in [0.25, 0.3) is 5.91 Å². The molecule has 3 heterocycles. The molecule has 3 aromatic rings. The molecule has 2 N–H and O–H groups in total. The number of aliphatic hydroxyl groups excluding tert-OH is 1. The van der Waals surface area contributed by atoms with Crippen molar-refractivity contribution in [2.45, 2.75) is 24.8 Å². The molecule has 11 nitrogen and oxygen atoms in total. The van der Waals surface area contributed by atoms with Gasteiger partial charge in [0.2, 0.25) is 0 Å². The summed E-state index contributed by atoms with van der Waals surface area (Å²) in [6.45, 7) is -0.264. The molecule has 1 aliphatic rings. The highest BCUT2D eigenvalue weighted by molar-refractivity contribution is 6.06. The molecule has 1 fully saturated rings. The van der Waals surface area contributed by atoms with E-state index in [1.807, 2.05) is 6.07 Å². The van der Waals surface area contributed by atoms with Crippen LogP contribution < -0.4 is 5.32 Å². The molecule has 0 spiro atoms. The molecule has 142 valence electrons. The lowest BCUT2D eigenvalue weighted by atomic mass is 10.1. The van der Waals surface area contributed by atoms with Crippen LogP contribution >= 0.6 is 0 Å². The van der Waals surface area contributed by atoms with Gasteiger partial charge in [-0.3, -0.25) is 9.36 Å². The van der Waals surface area contributed by atoms with E-state index >= 15 is 0 Å². The molecule has 1 saturated heterocycles. The second-order valence-electron chi connectivity index (χ2n) is 6.19. The molecule has 0 bridgehead atoms. The van der Waals surface area contributed by atoms with Crippen LogP contribution in [0.3, 0.4) is 0 Å². The van der Waals surface area contributed by atoms with Crippen molar-refractivity contribution in [1.29, 1.82) is 0 Å². The number of nitrogens with zero attached hydrogens (tertiary/aromatic N) is 7. The van der Waals surface area contributed by atoms with E-state index in [0.29, 0.717) is 23.1 Å². The van der Waals surface area contributed by atoms with Gasteiger partial charge in [-0.1, -0.05) is 23.3 Å². The number of benzene rings is 1. The highest BCUT2D eigenvalue weighted by atomic mass is 16.5. The quantitative estimate of drug-likeness (QED) is 0.393. The van der Waals surface area contributed by atoms with Crippen molar-refractivity contribution in [1.82, 2.24) is 19.5 Å². The zero-order valence-corrected chi connectivity index (χ0v) is 14.6. The van der Waals surface area contributed by atoms with Crippen LogP contribution in [0.1, 0.15) is 23.0 Å². The van der Waals surface area contributed by atoms with Crippen molar-refractivity contribution in [2.24, 2.45) is 5.11 Å². The Balaban J connectivity index is 1.62. The Morgan fingerprint density at radius 2 is 2.18 bits per heavy atom. The summed E-state index contributed by atoms with van der Waals surface area (Å²) < 4.78 is 7.45. The van der Waals surface area contributed by atoms with E-state index < -0.39 is 18.4 Å². The van der Waals surface area contributed by atoms with Crippen molar-refractivity contribution in [3.8, 4) is 0 Å². The Labute approximate surface area is 158 Å². The number of carbonyl (C=O) groups excluding carboxylic acids is 1. The van der Waals surface area contributed by atoms with Crippen LogP contribution in [-0.4, -0.2) is 49.3 Å². The third-order valence-electron chi connectivity index (χ3n) is 4.52. The smallest absolute Gasteiger partial charge is 0.256 e. The molecule has 1 aliphatic heterocycles. The number of anilines is 1. The maximum absolute atomic E-state index is 12.4. The van der Waals surface area contributed by atoms with E-state index in [4.69, 9.17) is 10.3 Å². The SMILES string of the molecule is [N-]=[N+]=N[C@@H]1C[C@H](n2cnc3c(NC(=O)c4ccccc4)ncnc32)O[C@@H]1CO. The molecule has 2 aromatic heterocycles. The summed E-state index contributed by atoms with van der Waals surface area (Å²) in [6, 6.07) is 8.28. The lowest BCUT2D eigenvalue weighted by molar-refractivity contribution is -0.0233. The fourth-order valence-electron chi connectivity index (χ4n) is 3.16. The molecular weight excluding hydrogens is 364 g/mol. The predicted octanol–water partition coefficient (Wildman–Crippen LogP) is 2.04. The normalized spacial score (nSPS) is 21.4. The number of hydrogen-bond donors (Lipinski definition) is 2. The van der Waals surface area contributed by atoms with Crippen molar-refractivity contribution < 1.29 is 14.6 Å². The summed E-state index contributed by atoms with van der Waals surface area (Å²) in [5, 5.41) is 15.9. The van der Waals surface area contributed by atoms with Crippen LogP contribution in [-0.2, 0) is 4.74 Å². The number of aromatic nitrogens is 4. The van der Waals surface area contributed by atoms with E-state index in [1.165, 1.54) is 12.7 Å². The number of hydrogen-bond acceptors (Lipinski definition) is 7. The number of imidazole rings is 1. The predicted molar refractivity (Wildman–Crippen MR) is 98.3 cm³/mol. The zero-order valence-electron chi connectivity index (χ0n) is 14.6. The van der Waals surface area contributed by atoms with Gasteiger partial charge in [-0.2, -0.15) is 0 Å². The standard InChI is InChI=1S/C17H16N8O3/c18-24-23-11-6-13(28-12(11)7-26)25-9-21-14-15(19-8-20-16(14)25)22-17(27)10-4-2-1-3-5-10/h1-5,8-9,11-13,26H,6-7H2,(H,19,20,22,27)/t11-,12-,13-/m1/s1. The van der Waals surface area contributed by atoms with Gasteiger partial charge in [0.05, 0.1) is 25.1 Å². The molecule has 1 aromatic carbocycles. The molecule has 0 saturated carbocycles. The Hall–Kier alpha value is -3.53. The first-order valence-corrected chi connectivity index (χ1v) is 8.55. The molecule has 0 aliphatic carbocycles. The van der Waals surface area contributed by atoms with Gasteiger partial charge in [0, 0.05) is 16.9 Å². The van der Waals surface area contributed by atoms with Crippen molar-refractivity contribution in [2.75, 3.05) is 11.9 Å². The fraction of sp³-hybridized carbons (Fsp3) is 0.294. The molecule has 11 heteroatoms. The third kappa shape index (κ3) is 3.25. The van der Waals surface area contributed by atoms with Crippen LogP contribution in [0.5, 0.6) is 0 Å². The van der Waals surface area contributed by atoms with Crippen LogP contribution in [0.4, 0.5) is 5.82 Å². The number of aliphatic hydroxyl groups is 1. The van der Waals surface area contributed by atoms with Gasteiger partial charge in [-0.15, -0.1) is 0 Å². The van der Waals surface area contributed by atoms with Gasteiger partial charge < -0.3 is 15.2 Å². The van der Waals surface area contributed by atoms with Crippen LogP contribution in [0.25, 0.3) is 21.6 Å². The minimum atomic E-state index is -0.600. The van der Waals surface area contributed by atoms with E-state index in [9.17, 15) is 9.90 Å². The molecular formula is C17H16N8O3. The average molecular weight is 380 g/mol. The van der Waals surface area contributed by atoms with Crippen LogP contribution in [0.15, 0.2) is 48.1 Å². The summed E-state index contributed by atoms with van der Waals surface area (Å²) >= 11 is 0. The van der Waals surface area contributed by atoms with Gasteiger partial charge in [0.1, 0.15) is 12.6 Å². The first-order chi connectivity index (χ1) is 13.7. The number of ether oxygens (including phenoxy) is 1. The summed E-state index contributed by atoms with van der Waals surface area (Å²) in [6.07, 6.45) is 2.11. The molecule has 3 atom stereocenters. The molecule has 28 heavy (non-hydrogen) atoms. The molecule has 0 unspecified atom stereocenters. The minimum absolute atomic E-state index is 0.264. The molecule has 0 radical (unpaired) electrons. The van der Waals surface area contributed by atoms with Crippen LogP contribution in [0, 0.1) is 0 Å². The second-order valence-corrected chi connectivity index (χ2v) is 6.19. The van der Waals surface area contributed by atoms with Crippen LogP contribution in [0.2, 0.25) is 0 Å². The Morgan fingerprint density at radius 3 is 2.93 bits per heavy atom. The minimum Gasteiger partial charge on any atom is -0.394 e. The van der Waals surface area contributed by atoms with Gasteiger partial charge in [0.15, 0.2) is 17.0 Å². The van der Waals surface area contributed by atoms with Crippen molar-refractivity contribution in [3.05, 3.63) is 59.0 Å². The van der Waals surface area contributed by atoms with E-state index in [2.05, 4.69) is 30.3 Å². The molecule has 1 amide bonds. The number of azide groups is 1. The number of fused-ring (bicyclic) bond motifs is 1. The molecule has 4 rings (SSSR count). The Morgan fingerprint density at radius 1 is 1.36 bits per heavy atom. The highest BCUT2D eigenvalue weighted by Crippen LogP contribution is 2.33. The van der Waals surface area contributed by atoms with E-state index in [1.54, 1.807) is 28.8 Å². The van der Waals surface area contributed by atoms with E-state index in [-0.39, 0.29) is 18.3 Å². The first kappa shape index (κ1) is 17.9. The number of rotatable bonds is 5. The average Bonchev–Trinajstić information content (AvgIpc) is 3.33. The van der Waals surface area contributed by atoms with Crippen molar-refractivity contribution >= 4 is 22.9 Å². The topological polar surface area (TPSA) is 151 Å². The largest absolute Gasteiger partial charge is 0.394 e. The Bertz CT molecular complexity index is 1050. The first-order valence-electron chi connectivity index (χ1n) is 8.55. The van der Waals surface area contributed by atoms with Gasteiger partial charge in [-0.25, -0.2) is 15.0 Å². The summed E-state index contributed by atoms with van der Waals surface area (Å²) in [5.74, 6) is -0.0306. The fourth-order valence-corrected chi connectivity index (χ4v) is 3.16. The summed E-state index contributed by atoms with van der Waals surface area (Å²) in [5.41, 5.74) is 10.0. The zero-order chi connectivity index (χ0) is 19.5. The van der Waals surface area contributed by atoms with Gasteiger partial charge >= 0.3 is 0 Å². The van der Waals surface area contributed by atoms with Crippen molar-refractivity contribution in [3.63, 3.8) is 0 Å². The lowest BCUT2D eigenvalue weighted by Crippen LogP contribution is -2.22. The summed E-state index contributed by atoms with van der Waals surface area (Å²) in [4.78, 5) is 27.9. The number of nitrogens with one attached hydrogen (secondary N) is 1. The monoisotopic (exact) mass is 380 g/mol. The van der Waals surface area contributed by atoms with Gasteiger partial charge in [-0.05, 0) is 17.7 Å². The maximum atomic E-state index is 12.4. The number of amides is 1. The Kier molecular flexibility index (Phi) is 4.85. The third-order valence-corrected chi connectivity index (χ3v) is 4.52. The van der Waals surface area contributed by atoms with E-state index in [0.717, 1.165) is 0 Å². The highest BCUT2D eigenvalue weighted by Gasteiger charge is 2.36. The number of carbonyl (C=O) groups is 1. The maximum Gasteiger partial charge on any atom is 0.256 e.